The molecule has 1 N–H and O–H groups in total. The van der Waals surface area contributed by atoms with E-state index in [1.165, 1.54) is 16.4 Å². The molecule has 0 saturated heterocycles. The monoisotopic (exact) mass is 418 g/mol. The van der Waals surface area contributed by atoms with Crippen molar-refractivity contribution in [3.05, 3.63) is 54.1 Å². The van der Waals surface area contributed by atoms with Crippen molar-refractivity contribution in [2.75, 3.05) is 25.0 Å². The van der Waals surface area contributed by atoms with Gasteiger partial charge in [-0.15, -0.1) is 0 Å². The second-order valence-corrected chi connectivity index (χ2v) is 8.59. The van der Waals surface area contributed by atoms with E-state index in [0.717, 1.165) is 25.0 Å². The molecule has 0 spiro atoms. The number of carbonyl (C=O) groups excluding carboxylic acids is 1. The number of unbranched alkanes of at least 4 members (excludes halogenated alkanes) is 2. The number of hydrogen-bond acceptors (Lipinski definition) is 4. The molecule has 2 aromatic rings. The van der Waals surface area contributed by atoms with E-state index in [-0.39, 0.29) is 10.8 Å². The van der Waals surface area contributed by atoms with E-state index in [0.29, 0.717) is 30.9 Å². The number of anilines is 1. The molecule has 158 valence electrons. The summed E-state index contributed by atoms with van der Waals surface area (Å²) in [7, 11) is -3.51. The van der Waals surface area contributed by atoms with Gasteiger partial charge in [-0.1, -0.05) is 33.6 Å². The fourth-order valence-electron chi connectivity index (χ4n) is 2.87. The van der Waals surface area contributed by atoms with Gasteiger partial charge >= 0.3 is 0 Å². The second kappa shape index (κ2) is 11.0. The highest BCUT2D eigenvalue weighted by atomic mass is 32.2. The molecule has 2 rings (SSSR count). The topological polar surface area (TPSA) is 75.7 Å². The lowest BCUT2D eigenvalue weighted by Gasteiger charge is -2.18. The van der Waals surface area contributed by atoms with Crippen molar-refractivity contribution in [2.45, 2.75) is 44.9 Å². The first-order chi connectivity index (χ1) is 13.9. The summed E-state index contributed by atoms with van der Waals surface area (Å²) in [6, 6.07) is 13.2. The molecule has 2 aromatic carbocycles. The van der Waals surface area contributed by atoms with Gasteiger partial charge in [0, 0.05) is 24.3 Å². The van der Waals surface area contributed by atoms with Gasteiger partial charge < -0.3 is 10.1 Å². The highest BCUT2D eigenvalue weighted by Crippen LogP contribution is 2.19. The summed E-state index contributed by atoms with van der Waals surface area (Å²) in [5.41, 5.74) is 1.04. The number of hydrogen-bond donors (Lipinski definition) is 1. The van der Waals surface area contributed by atoms with E-state index in [4.69, 9.17) is 4.74 Å². The van der Waals surface area contributed by atoms with Crippen LogP contribution in [-0.2, 0) is 10.0 Å². The van der Waals surface area contributed by atoms with Gasteiger partial charge in [0.05, 0.1) is 11.5 Å². The Kier molecular flexibility index (Phi) is 8.67. The van der Waals surface area contributed by atoms with Crippen LogP contribution >= 0.6 is 0 Å². The van der Waals surface area contributed by atoms with Gasteiger partial charge in [-0.25, -0.2) is 8.42 Å². The zero-order valence-corrected chi connectivity index (χ0v) is 18.2. The number of benzene rings is 2. The molecule has 0 unspecified atom stereocenters. The number of rotatable bonds is 11. The first-order valence-electron chi connectivity index (χ1n) is 10.1. The van der Waals surface area contributed by atoms with Gasteiger partial charge in [-0.05, 0) is 55.0 Å². The largest absolute Gasteiger partial charge is 0.494 e. The van der Waals surface area contributed by atoms with Gasteiger partial charge in [-0.3, -0.25) is 4.79 Å². The lowest BCUT2D eigenvalue weighted by Crippen LogP contribution is -2.30. The van der Waals surface area contributed by atoms with Crippen LogP contribution in [0.4, 0.5) is 5.69 Å². The molecule has 0 atom stereocenters. The van der Waals surface area contributed by atoms with Crippen molar-refractivity contribution in [3.63, 3.8) is 0 Å². The Morgan fingerprint density at radius 1 is 0.931 bits per heavy atom. The number of sulfonamides is 1. The number of nitrogens with zero attached hydrogens (tertiary/aromatic N) is 1. The van der Waals surface area contributed by atoms with Crippen LogP contribution in [0.15, 0.2) is 53.4 Å². The minimum absolute atomic E-state index is 0.212. The molecule has 1 amide bonds. The molecule has 0 aromatic heterocycles. The zero-order chi connectivity index (χ0) is 21.3. The molecule has 6 nitrogen and oxygen atoms in total. The number of nitrogens with one attached hydrogen (secondary N) is 1. The normalized spacial score (nSPS) is 11.4. The molecular weight excluding hydrogens is 388 g/mol. The fraction of sp³-hybridized carbons (Fsp3) is 0.409. The summed E-state index contributed by atoms with van der Waals surface area (Å²) < 4.78 is 32.1. The van der Waals surface area contributed by atoms with Crippen molar-refractivity contribution in [2.24, 2.45) is 0 Å². The SMILES string of the molecule is CCCCCOc1ccc(C(=O)Nc2ccc(S(=O)(=O)N(CC)CC)cc2)cc1. The van der Waals surface area contributed by atoms with Crippen LogP contribution in [0, 0.1) is 0 Å². The molecular formula is C22H30N2O4S. The van der Waals surface area contributed by atoms with Gasteiger partial charge in [0.2, 0.25) is 10.0 Å². The van der Waals surface area contributed by atoms with Gasteiger partial charge in [0.15, 0.2) is 0 Å². The Labute approximate surface area is 173 Å². The maximum atomic E-state index is 12.5. The van der Waals surface area contributed by atoms with E-state index in [9.17, 15) is 13.2 Å². The summed E-state index contributed by atoms with van der Waals surface area (Å²) in [4.78, 5) is 12.6. The molecule has 0 aliphatic carbocycles. The van der Waals surface area contributed by atoms with Crippen molar-refractivity contribution in [1.82, 2.24) is 4.31 Å². The molecule has 29 heavy (non-hydrogen) atoms. The molecule has 0 aliphatic rings. The Hall–Kier alpha value is -2.38. The Balaban J connectivity index is 1.98. The number of ether oxygens (including phenoxy) is 1. The average molecular weight is 419 g/mol. The maximum Gasteiger partial charge on any atom is 0.255 e. The second-order valence-electron chi connectivity index (χ2n) is 6.65. The molecule has 0 saturated carbocycles. The maximum absolute atomic E-state index is 12.5. The standard InChI is InChI=1S/C22H30N2O4S/c1-4-7-8-17-28-20-13-9-18(10-14-20)22(25)23-19-11-15-21(16-12-19)29(26,27)24(5-2)6-3/h9-16H,4-8,17H2,1-3H3,(H,23,25). The minimum atomic E-state index is -3.51. The van der Waals surface area contributed by atoms with Crippen LogP contribution < -0.4 is 10.1 Å². The van der Waals surface area contributed by atoms with Gasteiger partial charge in [0.25, 0.3) is 5.91 Å². The summed E-state index contributed by atoms with van der Waals surface area (Å²) in [6.07, 6.45) is 3.29. The number of carbonyl (C=O) groups is 1. The van der Waals surface area contributed by atoms with E-state index < -0.39 is 10.0 Å². The van der Waals surface area contributed by atoms with E-state index in [2.05, 4.69) is 12.2 Å². The predicted molar refractivity (Wildman–Crippen MR) is 116 cm³/mol. The highest BCUT2D eigenvalue weighted by molar-refractivity contribution is 7.89. The summed E-state index contributed by atoms with van der Waals surface area (Å²) in [6.45, 7) is 7.24. The van der Waals surface area contributed by atoms with Crippen molar-refractivity contribution < 1.29 is 17.9 Å². The lowest BCUT2D eigenvalue weighted by molar-refractivity contribution is 0.102. The van der Waals surface area contributed by atoms with Crippen molar-refractivity contribution in [3.8, 4) is 5.75 Å². The molecule has 0 heterocycles. The Bertz CT molecular complexity index is 874. The molecule has 0 radical (unpaired) electrons. The zero-order valence-electron chi connectivity index (χ0n) is 17.3. The quantitative estimate of drug-likeness (QED) is 0.544. The summed E-state index contributed by atoms with van der Waals surface area (Å²) >= 11 is 0. The Morgan fingerprint density at radius 2 is 1.55 bits per heavy atom. The third-order valence-corrected chi connectivity index (χ3v) is 6.65. The highest BCUT2D eigenvalue weighted by Gasteiger charge is 2.21. The van der Waals surface area contributed by atoms with E-state index >= 15 is 0 Å². The first kappa shape index (κ1) is 22.9. The minimum Gasteiger partial charge on any atom is -0.494 e. The first-order valence-corrected chi connectivity index (χ1v) is 11.5. The lowest BCUT2D eigenvalue weighted by atomic mass is 10.2. The van der Waals surface area contributed by atoms with Crippen molar-refractivity contribution >= 4 is 21.6 Å². The summed E-state index contributed by atoms with van der Waals surface area (Å²) in [5.74, 6) is 0.477. The van der Waals surface area contributed by atoms with E-state index in [1.54, 1.807) is 50.2 Å². The molecule has 7 heteroatoms. The van der Waals surface area contributed by atoms with Gasteiger partial charge in [-0.2, -0.15) is 4.31 Å². The number of amides is 1. The van der Waals surface area contributed by atoms with Crippen LogP contribution in [0.1, 0.15) is 50.4 Å². The van der Waals surface area contributed by atoms with Crippen molar-refractivity contribution in [1.29, 1.82) is 0 Å². The van der Waals surface area contributed by atoms with Crippen LogP contribution in [0.5, 0.6) is 5.75 Å². The molecule has 0 bridgehead atoms. The molecule has 0 aliphatic heterocycles. The predicted octanol–water partition coefficient (Wildman–Crippen LogP) is 4.54. The third kappa shape index (κ3) is 6.30. The molecule has 0 fully saturated rings. The fourth-order valence-corrected chi connectivity index (χ4v) is 4.33. The van der Waals surface area contributed by atoms with E-state index in [1.807, 2.05) is 0 Å². The Morgan fingerprint density at radius 3 is 2.10 bits per heavy atom. The average Bonchev–Trinajstić information content (AvgIpc) is 2.73. The third-order valence-electron chi connectivity index (χ3n) is 4.59. The summed E-state index contributed by atoms with van der Waals surface area (Å²) in [5, 5.41) is 2.79. The van der Waals surface area contributed by atoms with Crippen LogP contribution in [0.2, 0.25) is 0 Å². The smallest absolute Gasteiger partial charge is 0.255 e. The van der Waals surface area contributed by atoms with Crippen LogP contribution in [0.3, 0.4) is 0 Å². The van der Waals surface area contributed by atoms with Gasteiger partial charge in [0.1, 0.15) is 5.75 Å². The van der Waals surface area contributed by atoms with Crippen LogP contribution in [-0.4, -0.2) is 38.3 Å². The van der Waals surface area contributed by atoms with Crippen LogP contribution in [0.25, 0.3) is 0 Å².